The molecule has 0 atom stereocenters. The fraction of sp³-hybridized carbons (Fsp3) is 0.800. The van der Waals surface area contributed by atoms with Crippen LogP contribution in [0.1, 0.15) is 43.0 Å². The highest BCUT2D eigenvalue weighted by molar-refractivity contribution is 5.66. The molecule has 0 radical (unpaired) electrons. The Kier molecular flexibility index (Phi) is 23.8. The van der Waals surface area contributed by atoms with Crippen molar-refractivity contribution in [2.75, 3.05) is 13.2 Å². The molecule has 4 heteroatoms. The maximum absolute atomic E-state index is 9.82. The molecule has 0 bridgehead atoms. The summed E-state index contributed by atoms with van der Waals surface area (Å²) >= 11 is 0. The Morgan fingerprint density at radius 2 is 1.14 bits per heavy atom. The van der Waals surface area contributed by atoms with E-state index in [4.69, 9.17) is 0 Å². The van der Waals surface area contributed by atoms with Crippen LogP contribution in [0.2, 0.25) is 0 Å². The lowest BCUT2D eigenvalue weighted by molar-refractivity contribution is -0.141. The molecule has 0 aromatic carbocycles. The summed E-state index contributed by atoms with van der Waals surface area (Å²) in [7, 11) is 0. The molecule has 0 amide bonds. The van der Waals surface area contributed by atoms with Gasteiger partial charge < -0.3 is 9.47 Å². The molecular weight excluding hydrogens is 184 g/mol. The predicted octanol–water partition coefficient (Wildman–Crippen LogP) is 2.41. The molecular formula is C10H24O4. The number of esters is 2. The monoisotopic (exact) mass is 209 g/mol. The van der Waals surface area contributed by atoms with E-state index in [1.807, 2.05) is 13.8 Å². The zero-order valence-electron chi connectivity index (χ0n) is 10.0. The van der Waals surface area contributed by atoms with Gasteiger partial charge in [-0.15, -0.1) is 0 Å². The standard InChI is InChI=1S/2C4H8O2.C2H6.H2/c2*1-3-6-4(2)5;1-2;/h2*3H2,1-2H3;1-2H3;1H/i;;;1+1. The van der Waals surface area contributed by atoms with E-state index >= 15 is 0 Å². The molecule has 0 aliphatic rings. The van der Waals surface area contributed by atoms with Gasteiger partial charge in [0, 0.05) is 15.3 Å². The van der Waals surface area contributed by atoms with Crippen LogP contribution in [0.4, 0.5) is 0 Å². The molecule has 0 rings (SSSR count). The Morgan fingerprint density at radius 3 is 1.14 bits per heavy atom. The maximum Gasteiger partial charge on any atom is 0.302 e. The number of carbonyl (C=O) groups is 2. The molecule has 0 aromatic rings. The molecule has 14 heavy (non-hydrogen) atoms. The molecule has 0 unspecified atom stereocenters. The molecule has 0 saturated heterocycles. The molecule has 0 aliphatic heterocycles. The zero-order valence-corrected chi connectivity index (χ0v) is 10.0. The van der Waals surface area contributed by atoms with E-state index in [0.717, 1.165) is 0 Å². The Labute approximate surface area is 88.1 Å². The van der Waals surface area contributed by atoms with E-state index in [-0.39, 0.29) is 13.4 Å². The largest absolute Gasteiger partial charge is 0.466 e. The number of ether oxygens (including phenoxy) is 2. The second kappa shape index (κ2) is 17.9. The minimum atomic E-state index is -0.211. The first kappa shape index (κ1) is 18.7. The van der Waals surface area contributed by atoms with Gasteiger partial charge in [-0.25, -0.2) is 0 Å². The summed E-state index contributed by atoms with van der Waals surface area (Å²) in [5.41, 5.74) is 0. The van der Waals surface area contributed by atoms with Crippen molar-refractivity contribution in [3.63, 3.8) is 0 Å². The van der Waals surface area contributed by atoms with Gasteiger partial charge in [-0.2, -0.15) is 0 Å². The SMILES string of the molecule is CC.CCOC(C)=O.CCOC(C)=O.[2HH]. The summed E-state index contributed by atoms with van der Waals surface area (Å²) in [6, 6.07) is 0. The summed E-state index contributed by atoms with van der Waals surface area (Å²) in [5.74, 6) is -0.421. The second-order valence-corrected chi connectivity index (χ2v) is 1.85. The molecule has 0 spiro atoms. The van der Waals surface area contributed by atoms with Crippen LogP contribution in [-0.4, -0.2) is 25.2 Å². The third-order valence-electron chi connectivity index (χ3n) is 0.695. The van der Waals surface area contributed by atoms with Gasteiger partial charge in [-0.3, -0.25) is 9.59 Å². The van der Waals surface area contributed by atoms with Crippen molar-refractivity contribution < 1.29 is 20.5 Å². The topological polar surface area (TPSA) is 52.6 Å². The maximum atomic E-state index is 9.82. The lowest BCUT2D eigenvalue weighted by Crippen LogP contribution is -1.95. The molecule has 4 nitrogen and oxygen atoms in total. The average Bonchev–Trinajstić information content (AvgIpc) is 2.08. The Morgan fingerprint density at radius 1 is 0.929 bits per heavy atom. The van der Waals surface area contributed by atoms with Crippen molar-refractivity contribution in [3.8, 4) is 0 Å². The summed E-state index contributed by atoms with van der Waals surface area (Å²) in [6.07, 6.45) is 0. The van der Waals surface area contributed by atoms with E-state index in [0.29, 0.717) is 13.2 Å². The van der Waals surface area contributed by atoms with Gasteiger partial charge in [-0.1, -0.05) is 13.8 Å². The third-order valence-corrected chi connectivity index (χ3v) is 0.695. The summed E-state index contributed by atoms with van der Waals surface area (Å²) in [6.45, 7) is 11.3. The van der Waals surface area contributed by atoms with Crippen molar-refractivity contribution in [3.05, 3.63) is 0 Å². The van der Waals surface area contributed by atoms with Crippen LogP contribution < -0.4 is 0 Å². The summed E-state index contributed by atoms with van der Waals surface area (Å²) < 4.78 is 8.81. The lowest BCUT2D eigenvalue weighted by atomic mass is 10.8. The first-order chi connectivity index (χ1) is 6.54. The highest BCUT2D eigenvalue weighted by Gasteiger charge is 1.82. The van der Waals surface area contributed by atoms with Crippen molar-refractivity contribution in [1.29, 1.82) is 0 Å². The van der Waals surface area contributed by atoms with Gasteiger partial charge in [0.1, 0.15) is 0 Å². The highest BCUT2D eigenvalue weighted by Crippen LogP contribution is 1.70. The van der Waals surface area contributed by atoms with Gasteiger partial charge in [0.25, 0.3) is 0 Å². The second-order valence-electron chi connectivity index (χ2n) is 1.85. The van der Waals surface area contributed by atoms with Crippen molar-refractivity contribution in [2.24, 2.45) is 0 Å². The molecule has 0 aliphatic carbocycles. The van der Waals surface area contributed by atoms with Gasteiger partial charge in [0.2, 0.25) is 0 Å². The minimum absolute atomic E-state index is 0. The van der Waals surface area contributed by atoms with Gasteiger partial charge in [0.05, 0.1) is 13.2 Å². The van der Waals surface area contributed by atoms with E-state index in [1.165, 1.54) is 13.8 Å². The van der Waals surface area contributed by atoms with Crippen molar-refractivity contribution in [1.82, 2.24) is 0 Å². The van der Waals surface area contributed by atoms with Crippen LogP contribution in [0.5, 0.6) is 0 Å². The molecule has 0 heterocycles. The summed E-state index contributed by atoms with van der Waals surface area (Å²) in [5, 5.41) is 0. The van der Waals surface area contributed by atoms with Gasteiger partial charge in [0.15, 0.2) is 0 Å². The van der Waals surface area contributed by atoms with Crippen LogP contribution in [0, 0.1) is 0 Å². The Hall–Kier alpha value is -1.06. The number of rotatable bonds is 2. The molecule has 88 valence electrons. The number of hydrogen-bond acceptors (Lipinski definition) is 4. The van der Waals surface area contributed by atoms with E-state index in [9.17, 15) is 9.59 Å². The predicted molar refractivity (Wildman–Crippen MR) is 58.1 cm³/mol. The molecule has 0 aromatic heterocycles. The van der Waals surface area contributed by atoms with E-state index < -0.39 is 0 Å². The normalized spacial score (nSPS) is 7.00. The first-order valence-electron chi connectivity index (χ1n) is 4.81. The number of carbonyl (C=O) groups excluding carboxylic acids is 2. The fourth-order valence-corrected chi connectivity index (χ4v) is 0.407. The fourth-order valence-electron chi connectivity index (χ4n) is 0.407. The van der Waals surface area contributed by atoms with Gasteiger partial charge >= 0.3 is 11.9 Å². The van der Waals surface area contributed by atoms with Crippen LogP contribution in [0.3, 0.4) is 0 Å². The average molecular weight is 209 g/mol. The van der Waals surface area contributed by atoms with Crippen LogP contribution >= 0.6 is 0 Å². The molecule has 0 fully saturated rings. The quantitative estimate of drug-likeness (QED) is 0.655. The van der Waals surface area contributed by atoms with Gasteiger partial charge in [-0.05, 0) is 13.8 Å². The third kappa shape index (κ3) is 44.3. The Balaban J connectivity index is -0.0000000653. The Bertz CT molecular complexity index is 121. The van der Waals surface area contributed by atoms with Crippen LogP contribution in [0.15, 0.2) is 0 Å². The smallest absolute Gasteiger partial charge is 0.302 e. The van der Waals surface area contributed by atoms with E-state index in [1.54, 1.807) is 13.8 Å². The highest BCUT2D eigenvalue weighted by atomic mass is 16.5. The van der Waals surface area contributed by atoms with E-state index in [2.05, 4.69) is 9.47 Å². The zero-order chi connectivity index (χ0) is 12.0. The lowest BCUT2D eigenvalue weighted by Gasteiger charge is -1.89. The van der Waals surface area contributed by atoms with Crippen molar-refractivity contribution >= 4 is 11.9 Å². The van der Waals surface area contributed by atoms with Crippen molar-refractivity contribution in [2.45, 2.75) is 41.5 Å². The molecule has 0 saturated carbocycles. The van der Waals surface area contributed by atoms with Crippen LogP contribution in [0.25, 0.3) is 0 Å². The minimum Gasteiger partial charge on any atom is -0.466 e. The number of hydrogen-bond donors (Lipinski definition) is 0. The first-order valence-corrected chi connectivity index (χ1v) is 4.81. The van der Waals surface area contributed by atoms with Crippen LogP contribution in [-0.2, 0) is 19.1 Å². The summed E-state index contributed by atoms with van der Waals surface area (Å²) in [4.78, 5) is 19.6. The molecule has 0 N–H and O–H groups in total.